The number of benzene rings is 5. The molecule has 0 fully saturated rings. The molecule has 0 radical (unpaired) electrons. The standard InChI is InChI=1S/C59H68O19/c1-65-46-23-18-41(22-27-59(64)70-6)45(32-46)40-78-51-26-21-44(54(36-51)74-31-11-17-58(63)69-5)39-77-50-25-20-43(53(35-50)73-30-10-16-57(62)68-4)38-76-49-24-19-42(52(34-49)72-29-9-15-56(61)67-3)37-75-48-13-7-12-47(33-48)71-28-8-14-55(60)66-2/h7,12-13,18-27,32-36H,8-11,14-17,28-31,37-40H2,1-6H3/b27-22+. The van der Waals surface area contributed by atoms with Gasteiger partial charge in [-0.05, 0) is 98.0 Å². The highest BCUT2D eigenvalue weighted by Gasteiger charge is 2.16. The van der Waals surface area contributed by atoms with E-state index in [0.717, 1.165) is 11.1 Å². The Morgan fingerprint density at radius 2 is 0.718 bits per heavy atom. The maximum Gasteiger partial charge on any atom is 0.330 e. The van der Waals surface area contributed by atoms with Crippen LogP contribution in [0.2, 0.25) is 0 Å². The summed E-state index contributed by atoms with van der Waals surface area (Å²) in [6.07, 6.45) is 5.41. The monoisotopic (exact) mass is 1080 g/mol. The Kier molecular flexibility index (Phi) is 25.8. The summed E-state index contributed by atoms with van der Waals surface area (Å²) in [5.74, 6) is 2.71. The molecule has 78 heavy (non-hydrogen) atoms. The molecule has 19 nitrogen and oxygen atoms in total. The molecule has 0 aromatic heterocycles. The van der Waals surface area contributed by atoms with Gasteiger partial charge in [-0.15, -0.1) is 0 Å². The first-order valence-corrected chi connectivity index (χ1v) is 25.1. The SMILES string of the molecule is COC(=O)/C=C/c1ccc(OC)cc1COc1ccc(COc2ccc(COc3ccc(COc4cccc(OCCCC(=O)OC)c4)c(OCCCC(=O)OC)c3)c(OCCCC(=O)OC)c2)c(OCCCC(=O)OC)c1. The molecular weight excluding hydrogens is 1010 g/mol. The molecule has 5 rings (SSSR count). The van der Waals surface area contributed by atoms with Gasteiger partial charge in [0.25, 0.3) is 0 Å². The van der Waals surface area contributed by atoms with Gasteiger partial charge in [0, 0.05) is 78.3 Å². The third-order valence-corrected chi connectivity index (χ3v) is 11.5. The van der Waals surface area contributed by atoms with Crippen LogP contribution in [0, 0.1) is 0 Å². The summed E-state index contributed by atoms with van der Waals surface area (Å²) in [4.78, 5) is 59.0. The zero-order valence-electron chi connectivity index (χ0n) is 45.0. The van der Waals surface area contributed by atoms with Gasteiger partial charge in [0.2, 0.25) is 0 Å². The van der Waals surface area contributed by atoms with Crippen molar-refractivity contribution in [3.8, 4) is 51.7 Å². The second kappa shape index (κ2) is 33.4. The van der Waals surface area contributed by atoms with Crippen molar-refractivity contribution in [1.82, 2.24) is 0 Å². The van der Waals surface area contributed by atoms with Gasteiger partial charge in [-0.25, -0.2) is 4.79 Å². The second-order valence-electron chi connectivity index (χ2n) is 17.0. The number of methoxy groups -OCH3 is 6. The Labute approximate surface area is 454 Å². The summed E-state index contributed by atoms with van der Waals surface area (Å²) < 4.78 is 78.8. The highest BCUT2D eigenvalue weighted by Crippen LogP contribution is 2.33. The van der Waals surface area contributed by atoms with Crippen LogP contribution in [0.15, 0.2) is 103 Å². The van der Waals surface area contributed by atoms with E-state index >= 15 is 0 Å². The van der Waals surface area contributed by atoms with E-state index in [2.05, 4.69) is 0 Å². The van der Waals surface area contributed by atoms with Gasteiger partial charge in [-0.2, -0.15) is 0 Å². The molecule has 0 saturated carbocycles. The van der Waals surface area contributed by atoms with Gasteiger partial charge >= 0.3 is 29.8 Å². The molecule has 0 unspecified atom stereocenters. The van der Waals surface area contributed by atoms with Crippen molar-refractivity contribution in [1.29, 1.82) is 0 Å². The minimum atomic E-state index is -0.498. The molecule has 0 spiro atoms. The molecule has 0 aliphatic heterocycles. The zero-order chi connectivity index (χ0) is 55.9. The first-order chi connectivity index (χ1) is 37.9. The van der Waals surface area contributed by atoms with Gasteiger partial charge in [0.05, 0.1) is 69.1 Å². The van der Waals surface area contributed by atoms with Crippen LogP contribution < -0.4 is 42.6 Å². The number of hydrogen-bond acceptors (Lipinski definition) is 19. The summed E-state index contributed by atoms with van der Waals surface area (Å²) in [6.45, 7) is 1.34. The van der Waals surface area contributed by atoms with Crippen molar-refractivity contribution in [2.24, 2.45) is 0 Å². The minimum Gasteiger partial charge on any atom is -0.497 e. The van der Waals surface area contributed by atoms with E-state index in [4.69, 9.17) is 66.3 Å². The Bertz CT molecular complexity index is 2750. The summed E-state index contributed by atoms with van der Waals surface area (Å²) in [5, 5.41) is 0. The van der Waals surface area contributed by atoms with Gasteiger partial charge in [-0.3, -0.25) is 19.2 Å². The van der Waals surface area contributed by atoms with E-state index in [9.17, 15) is 24.0 Å². The van der Waals surface area contributed by atoms with Gasteiger partial charge < -0.3 is 66.3 Å². The van der Waals surface area contributed by atoms with Crippen LogP contribution in [0.3, 0.4) is 0 Å². The summed E-state index contributed by atoms with van der Waals surface area (Å²) in [5.41, 5.74) is 3.55. The molecule has 5 aromatic carbocycles. The zero-order valence-corrected chi connectivity index (χ0v) is 45.0. The van der Waals surface area contributed by atoms with Crippen LogP contribution >= 0.6 is 0 Å². The molecule has 0 heterocycles. The second-order valence-corrected chi connectivity index (χ2v) is 17.0. The fraction of sp³-hybridized carbons (Fsp3) is 0.373. The normalized spacial score (nSPS) is 10.7. The van der Waals surface area contributed by atoms with Crippen molar-refractivity contribution in [3.63, 3.8) is 0 Å². The number of carbonyl (C=O) groups excluding carboxylic acids is 5. The van der Waals surface area contributed by atoms with Gasteiger partial charge in [0.15, 0.2) is 0 Å². The lowest BCUT2D eigenvalue weighted by atomic mass is 10.1. The molecule has 0 amide bonds. The highest BCUT2D eigenvalue weighted by molar-refractivity contribution is 5.87. The maximum atomic E-state index is 11.9. The van der Waals surface area contributed by atoms with Crippen molar-refractivity contribution in [3.05, 3.63) is 131 Å². The minimum absolute atomic E-state index is 0.0682. The van der Waals surface area contributed by atoms with Crippen molar-refractivity contribution >= 4 is 35.9 Å². The van der Waals surface area contributed by atoms with Crippen molar-refractivity contribution in [2.45, 2.75) is 77.8 Å². The number of rotatable bonds is 35. The quantitative estimate of drug-likeness (QED) is 0.0160. The lowest BCUT2D eigenvalue weighted by Gasteiger charge is -2.17. The van der Waals surface area contributed by atoms with E-state index in [0.29, 0.717) is 101 Å². The lowest BCUT2D eigenvalue weighted by molar-refractivity contribution is -0.141. The molecule has 0 N–H and O–H groups in total. The van der Waals surface area contributed by atoms with E-state index in [1.807, 2.05) is 30.3 Å². The summed E-state index contributed by atoms with van der Waals surface area (Å²) in [6, 6.07) is 28.6. The molecular formula is C59H68O19. The summed E-state index contributed by atoms with van der Waals surface area (Å²) in [7, 11) is 8.21. The Balaban J connectivity index is 1.32. The molecule has 0 aliphatic carbocycles. The Morgan fingerprint density at radius 1 is 0.359 bits per heavy atom. The van der Waals surface area contributed by atoms with Crippen LogP contribution in [0.5, 0.6) is 51.7 Å². The first-order valence-electron chi connectivity index (χ1n) is 25.1. The fourth-order valence-corrected chi connectivity index (χ4v) is 7.17. The highest BCUT2D eigenvalue weighted by atomic mass is 16.5. The van der Waals surface area contributed by atoms with Gasteiger partial charge in [0.1, 0.15) is 78.2 Å². The molecule has 0 saturated heterocycles. The number of carbonyl (C=O) groups is 5. The predicted molar refractivity (Wildman–Crippen MR) is 284 cm³/mol. The smallest absolute Gasteiger partial charge is 0.330 e. The Hall–Kier alpha value is -8.61. The lowest BCUT2D eigenvalue weighted by Crippen LogP contribution is -2.08. The summed E-state index contributed by atoms with van der Waals surface area (Å²) >= 11 is 0. The average Bonchev–Trinajstić information content (AvgIpc) is 3.48. The van der Waals surface area contributed by atoms with Crippen LogP contribution in [-0.4, -0.2) is 98.9 Å². The van der Waals surface area contributed by atoms with Gasteiger partial charge in [-0.1, -0.05) is 12.1 Å². The van der Waals surface area contributed by atoms with Crippen LogP contribution in [0.4, 0.5) is 0 Å². The first kappa shape index (κ1) is 60.3. The number of esters is 5. The molecule has 0 aliphatic rings. The third-order valence-electron chi connectivity index (χ3n) is 11.5. The number of hydrogen-bond donors (Lipinski definition) is 0. The molecule has 0 bridgehead atoms. The topological polar surface area (TPSA) is 215 Å². The fourth-order valence-electron chi connectivity index (χ4n) is 7.17. The van der Waals surface area contributed by atoms with Crippen LogP contribution in [0.1, 0.15) is 79.2 Å². The predicted octanol–water partition coefficient (Wildman–Crippen LogP) is 9.53. The van der Waals surface area contributed by atoms with E-state index in [1.165, 1.54) is 41.6 Å². The van der Waals surface area contributed by atoms with Crippen LogP contribution in [-0.2, 0) is 74.1 Å². The molecule has 0 atom stereocenters. The molecule has 418 valence electrons. The van der Waals surface area contributed by atoms with Crippen molar-refractivity contribution < 1.29 is 90.3 Å². The Morgan fingerprint density at radius 3 is 1.10 bits per heavy atom. The van der Waals surface area contributed by atoms with Crippen LogP contribution in [0.25, 0.3) is 6.08 Å². The number of ether oxygens (including phenoxy) is 14. The maximum absolute atomic E-state index is 11.9. The van der Waals surface area contributed by atoms with E-state index in [-0.39, 0.29) is 95.8 Å². The van der Waals surface area contributed by atoms with E-state index in [1.54, 1.807) is 79.9 Å². The third kappa shape index (κ3) is 21.2. The molecule has 5 aromatic rings. The molecule has 19 heteroatoms. The average molecular weight is 1080 g/mol. The van der Waals surface area contributed by atoms with E-state index < -0.39 is 5.97 Å². The largest absolute Gasteiger partial charge is 0.497 e. The van der Waals surface area contributed by atoms with Crippen molar-refractivity contribution in [2.75, 3.05) is 69.1 Å².